The number of aliphatic hydroxyl groups is 1. The lowest BCUT2D eigenvalue weighted by Crippen LogP contribution is -2.48. The third-order valence-corrected chi connectivity index (χ3v) is 35.3. The summed E-state index contributed by atoms with van der Waals surface area (Å²) in [6.07, 6.45) is 24.8. The van der Waals surface area contributed by atoms with Gasteiger partial charge in [0, 0.05) is 18.3 Å². The highest BCUT2D eigenvalue weighted by atomic mass is 28.4. The van der Waals surface area contributed by atoms with Crippen LogP contribution < -0.4 is 4.74 Å². The maximum Gasteiger partial charge on any atom is 0.192 e. The van der Waals surface area contributed by atoms with E-state index in [9.17, 15) is 5.11 Å². The van der Waals surface area contributed by atoms with Gasteiger partial charge in [-0.2, -0.15) is 0 Å². The first-order valence-electron chi connectivity index (χ1n) is 28.2. The summed E-state index contributed by atoms with van der Waals surface area (Å²) in [6, 6.07) is 8.15. The molecule has 0 aliphatic rings. The van der Waals surface area contributed by atoms with E-state index in [2.05, 4.69) is 237 Å². The van der Waals surface area contributed by atoms with Crippen LogP contribution in [-0.2, 0) is 29.0 Å². The predicted molar refractivity (Wildman–Crippen MR) is 333 cm³/mol. The Bertz CT molecular complexity index is 1920. The average molecular weight is 1100 g/mol. The van der Waals surface area contributed by atoms with Gasteiger partial charge >= 0.3 is 0 Å². The van der Waals surface area contributed by atoms with Crippen molar-refractivity contribution >= 4 is 33.3 Å². The fourth-order valence-corrected chi connectivity index (χ4v) is 13.0. The highest BCUT2D eigenvalue weighted by molar-refractivity contribution is 6.75. The Balaban J connectivity index is 3.53. The van der Waals surface area contributed by atoms with E-state index in [0.29, 0.717) is 19.6 Å². The molecule has 0 bridgehead atoms. The molecule has 0 spiro atoms. The lowest BCUT2D eigenvalue weighted by atomic mass is 9.86. The lowest BCUT2D eigenvalue weighted by Gasteiger charge is -2.43. The van der Waals surface area contributed by atoms with Gasteiger partial charge in [-0.25, -0.2) is 0 Å². The standard InChI is InChI=1S/C63H116O7Si4/c1-28-29-35-50(4)59(66-47-53-40-43-55(65-19)44-41-53)52(6)56(68-72(22,23)61(10,11)12)38-33-32-37-49(3)58(70-74(26,27)63(16,17)18)51(5)39-42-54(64)46-57(69-73(24,25)62(13,14)15)48(2)36-31-30-34-45-67-71(20,21)60(7,8)9/h28-32,34-37,39-44,48-52,54,56-59,64H,1,33,38,45-47H2,2-27H3/b34-30-,35-29-,36-31+,37-32-,42-39-/t48-,49+,50+,51+,52+,54+,56-,57+,58-,59+/m1/s1. The minimum Gasteiger partial charge on any atom is -0.497 e. The molecule has 74 heavy (non-hydrogen) atoms. The number of benzene rings is 1. The van der Waals surface area contributed by atoms with Crippen molar-refractivity contribution in [3.05, 3.63) is 103 Å². The molecule has 11 heteroatoms. The molecular formula is C63H116O7Si4. The summed E-state index contributed by atoms with van der Waals surface area (Å²) in [6.45, 7) is 62.5. The van der Waals surface area contributed by atoms with Gasteiger partial charge in [0.1, 0.15) is 5.75 Å². The number of allylic oxidation sites excluding steroid dienone is 5. The first kappa shape index (κ1) is 70.1. The van der Waals surface area contributed by atoms with Crippen molar-refractivity contribution in [1.29, 1.82) is 0 Å². The minimum atomic E-state index is -2.18. The van der Waals surface area contributed by atoms with Gasteiger partial charge in [-0.05, 0) is 121 Å². The summed E-state index contributed by atoms with van der Waals surface area (Å²) in [5.41, 5.74) is 1.11. The topological polar surface area (TPSA) is 75.6 Å². The van der Waals surface area contributed by atoms with Crippen molar-refractivity contribution in [2.24, 2.45) is 29.6 Å². The van der Waals surface area contributed by atoms with Crippen LogP contribution in [0.1, 0.15) is 143 Å². The fourth-order valence-electron chi connectivity index (χ4n) is 7.77. The van der Waals surface area contributed by atoms with Gasteiger partial charge in [-0.15, -0.1) is 0 Å². The summed E-state index contributed by atoms with van der Waals surface area (Å²) in [5, 5.41) is 12.1. The monoisotopic (exact) mass is 1100 g/mol. The van der Waals surface area contributed by atoms with E-state index in [1.165, 1.54) is 0 Å². The van der Waals surface area contributed by atoms with E-state index >= 15 is 0 Å². The van der Waals surface area contributed by atoms with Gasteiger partial charge in [0.15, 0.2) is 33.3 Å². The molecular weight excluding hydrogens is 981 g/mol. The van der Waals surface area contributed by atoms with Gasteiger partial charge in [-0.1, -0.05) is 203 Å². The Morgan fingerprint density at radius 2 is 1.01 bits per heavy atom. The van der Waals surface area contributed by atoms with Crippen molar-refractivity contribution in [1.82, 2.24) is 0 Å². The predicted octanol–water partition coefficient (Wildman–Crippen LogP) is 18.5. The van der Waals surface area contributed by atoms with E-state index in [-0.39, 0.29) is 74.2 Å². The summed E-state index contributed by atoms with van der Waals surface area (Å²) in [5.74, 6) is 1.37. The fraction of sp³-hybridized carbons (Fsp3) is 0.714. The maximum atomic E-state index is 11.8. The van der Waals surface area contributed by atoms with Gasteiger partial charge < -0.3 is 32.3 Å². The zero-order chi connectivity index (χ0) is 57.3. The number of ether oxygens (including phenoxy) is 2. The number of hydrogen-bond donors (Lipinski definition) is 1. The molecule has 0 saturated carbocycles. The molecule has 0 aliphatic heterocycles. The Morgan fingerprint density at radius 1 is 0.541 bits per heavy atom. The molecule has 0 aromatic heterocycles. The molecule has 10 atom stereocenters. The van der Waals surface area contributed by atoms with Crippen LogP contribution in [0, 0.1) is 29.6 Å². The number of methoxy groups -OCH3 is 1. The smallest absolute Gasteiger partial charge is 0.192 e. The van der Waals surface area contributed by atoms with E-state index in [4.69, 9.17) is 27.2 Å². The van der Waals surface area contributed by atoms with E-state index < -0.39 is 39.4 Å². The van der Waals surface area contributed by atoms with Crippen LogP contribution in [-0.4, -0.2) is 82.6 Å². The van der Waals surface area contributed by atoms with Crippen LogP contribution in [0.2, 0.25) is 72.5 Å². The third kappa shape index (κ3) is 23.2. The molecule has 0 saturated heterocycles. The molecule has 0 aliphatic carbocycles. The quantitative estimate of drug-likeness (QED) is 0.0451. The zero-order valence-electron chi connectivity index (χ0n) is 52.6. The van der Waals surface area contributed by atoms with Gasteiger partial charge in [0.25, 0.3) is 0 Å². The number of aliphatic hydroxyl groups excluding tert-OH is 1. The van der Waals surface area contributed by atoms with Crippen molar-refractivity contribution in [3.8, 4) is 5.75 Å². The Morgan fingerprint density at radius 3 is 1.51 bits per heavy atom. The first-order valence-corrected chi connectivity index (χ1v) is 39.9. The van der Waals surface area contributed by atoms with Crippen molar-refractivity contribution in [3.63, 3.8) is 0 Å². The largest absolute Gasteiger partial charge is 0.497 e. The Hall–Kier alpha value is -1.91. The number of hydrogen-bond acceptors (Lipinski definition) is 7. The van der Waals surface area contributed by atoms with Crippen LogP contribution in [0.25, 0.3) is 0 Å². The van der Waals surface area contributed by atoms with E-state index in [1.807, 2.05) is 30.4 Å². The van der Waals surface area contributed by atoms with E-state index in [0.717, 1.165) is 24.2 Å². The second-order valence-electron chi connectivity index (χ2n) is 27.8. The van der Waals surface area contributed by atoms with Crippen LogP contribution in [0.3, 0.4) is 0 Å². The molecule has 0 amide bonds. The maximum absolute atomic E-state index is 11.8. The third-order valence-electron chi connectivity index (χ3n) is 17.3. The highest BCUT2D eigenvalue weighted by Crippen LogP contribution is 2.43. The molecule has 1 N–H and O–H groups in total. The summed E-state index contributed by atoms with van der Waals surface area (Å²) in [7, 11) is -6.61. The van der Waals surface area contributed by atoms with E-state index in [1.54, 1.807) is 7.11 Å². The molecule has 0 fully saturated rings. The summed E-state index contributed by atoms with van der Waals surface area (Å²) < 4.78 is 40.5. The van der Waals surface area contributed by atoms with Gasteiger partial charge in [0.05, 0.1) is 50.8 Å². The molecule has 426 valence electrons. The second kappa shape index (κ2) is 29.9. The lowest BCUT2D eigenvalue weighted by molar-refractivity contribution is -0.0537. The van der Waals surface area contributed by atoms with Gasteiger partial charge in [-0.3, -0.25) is 0 Å². The normalized spacial score (nSPS) is 18.5. The second-order valence-corrected chi connectivity index (χ2v) is 46.9. The van der Waals surface area contributed by atoms with Crippen molar-refractivity contribution in [2.45, 2.75) is 247 Å². The molecule has 1 aromatic rings. The summed E-state index contributed by atoms with van der Waals surface area (Å²) in [4.78, 5) is 0. The first-order chi connectivity index (χ1) is 33.6. The SMILES string of the molecule is C=C/C=C\[C@H](C)[C@H](OCc1ccc(OC)cc1)[C@@H](C)[C@@H](CC/C=C\[C@H](C)[C@@H](O[Si](C)(C)C(C)(C)C)[C@@H](C)/C=C\[C@H](O)C[C@H](O[Si](C)(C)C(C)(C)C)[C@H](C)/C=C/C=C\CO[Si](C)(C)C(C)(C)C)O[Si](C)(C)C(C)(C)C. The number of rotatable bonds is 31. The average Bonchev–Trinajstić information content (AvgIpc) is 3.26. The Labute approximate surface area is 462 Å². The van der Waals surface area contributed by atoms with Crippen molar-refractivity contribution < 1.29 is 32.3 Å². The molecule has 1 rings (SSSR count). The van der Waals surface area contributed by atoms with Gasteiger partial charge in [0.2, 0.25) is 0 Å². The van der Waals surface area contributed by atoms with Crippen molar-refractivity contribution in [2.75, 3.05) is 13.7 Å². The molecule has 0 heterocycles. The summed E-state index contributed by atoms with van der Waals surface area (Å²) >= 11 is 0. The minimum absolute atomic E-state index is 0.00924. The molecule has 1 aromatic carbocycles. The van der Waals surface area contributed by atoms with Crippen LogP contribution >= 0.6 is 0 Å². The zero-order valence-corrected chi connectivity index (χ0v) is 56.6. The van der Waals surface area contributed by atoms with Crippen LogP contribution in [0.5, 0.6) is 5.75 Å². The highest BCUT2D eigenvalue weighted by Gasteiger charge is 2.44. The van der Waals surface area contributed by atoms with Crippen LogP contribution in [0.4, 0.5) is 0 Å². The molecule has 0 unspecified atom stereocenters. The van der Waals surface area contributed by atoms with Crippen LogP contribution in [0.15, 0.2) is 97.7 Å². The Kier molecular flexibility index (Phi) is 28.3. The molecule has 0 radical (unpaired) electrons. The molecule has 7 nitrogen and oxygen atoms in total.